The smallest absolute Gasteiger partial charge is 0.191 e. The quantitative estimate of drug-likeness (QED) is 0.470. The van der Waals surface area contributed by atoms with E-state index in [0.29, 0.717) is 0 Å². The van der Waals surface area contributed by atoms with Crippen LogP contribution in [0.15, 0.2) is 16.6 Å². The minimum Gasteiger partial charge on any atom is -0.409 e. The fourth-order valence-corrected chi connectivity index (χ4v) is 0.460. The van der Waals surface area contributed by atoms with E-state index in [4.69, 9.17) is 0 Å². The Balaban J connectivity index is 0.000000222. The van der Waals surface area contributed by atoms with Crippen molar-refractivity contribution in [3.8, 4) is 0 Å². The summed E-state index contributed by atoms with van der Waals surface area (Å²) in [7, 11) is 0. The molecule has 0 saturated heterocycles. The van der Waals surface area contributed by atoms with Crippen molar-refractivity contribution in [2.45, 2.75) is 13.8 Å². The van der Waals surface area contributed by atoms with Gasteiger partial charge in [-0.1, -0.05) is 13.8 Å². The van der Waals surface area contributed by atoms with E-state index >= 15 is 0 Å². The lowest BCUT2D eigenvalue weighted by atomic mass is 11.0. The molecule has 3 heteroatoms. The molecule has 46 valence electrons. The van der Waals surface area contributed by atoms with Crippen LogP contribution in [0.25, 0.3) is 0 Å². The number of hydrogen-bond donors (Lipinski definition) is 0. The van der Waals surface area contributed by atoms with Crippen LogP contribution in [-0.4, -0.2) is 6.40 Å². The van der Waals surface area contributed by atoms with Gasteiger partial charge >= 0.3 is 0 Å². The third-order valence-corrected chi connectivity index (χ3v) is 0.792. The zero-order valence-corrected chi connectivity index (χ0v) is 5.81. The summed E-state index contributed by atoms with van der Waals surface area (Å²) >= 11 is 1.27. The molecule has 1 rings (SSSR count). The van der Waals surface area contributed by atoms with E-state index in [0.717, 1.165) is 0 Å². The van der Waals surface area contributed by atoms with Crippen molar-refractivity contribution < 1.29 is 4.18 Å². The predicted molar refractivity (Wildman–Crippen MR) is 37.7 cm³/mol. The van der Waals surface area contributed by atoms with Crippen LogP contribution < -0.4 is 0 Å². The topological polar surface area (TPSA) is 21.6 Å². The maximum absolute atomic E-state index is 4.61. The molecule has 2 nitrogen and oxygen atoms in total. The molecule has 1 aliphatic heterocycles. The molecular formula is C5H9NOS. The minimum atomic E-state index is 1.27. The van der Waals surface area contributed by atoms with Crippen LogP contribution in [0.4, 0.5) is 0 Å². The van der Waals surface area contributed by atoms with Gasteiger partial charge in [0.25, 0.3) is 0 Å². The Morgan fingerprint density at radius 2 is 2.25 bits per heavy atom. The van der Waals surface area contributed by atoms with Crippen LogP contribution in [0.3, 0.4) is 0 Å². The molecule has 0 atom stereocenters. The van der Waals surface area contributed by atoms with Gasteiger partial charge in [0.05, 0.1) is 12.0 Å². The molecule has 0 bridgehead atoms. The van der Waals surface area contributed by atoms with E-state index in [1.54, 1.807) is 11.6 Å². The summed E-state index contributed by atoms with van der Waals surface area (Å²) in [4.78, 5) is 3.63. The first kappa shape index (κ1) is 7.56. The molecule has 8 heavy (non-hydrogen) atoms. The summed E-state index contributed by atoms with van der Waals surface area (Å²) in [6.45, 7) is 4.00. The highest BCUT2D eigenvalue weighted by Crippen LogP contribution is 2.04. The SMILES string of the molecule is C1=CSOC=N1.CC. The number of nitrogens with zero attached hydrogens (tertiary/aromatic N) is 1. The fourth-order valence-electron chi connectivity index (χ4n) is 0.177. The lowest BCUT2D eigenvalue weighted by Gasteiger charge is -1.90. The molecule has 0 spiro atoms. The molecule has 0 aliphatic carbocycles. The minimum absolute atomic E-state index is 1.27. The molecule has 0 aromatic heterocycles. The lowest BCUT2D eigenvalue weighted by Crippen LogP contribution is -1.73. The van der Waals surface area contributed by atoms with Crippen LogP contribution in [0.1, 0.15) is 13.8 Å². The van der Waals surface area contributed by atoms with Crippen molar-refractivity contribution in [2.24, 2.45) is 4.99 Å². The molecule has 0 amide bonds. The Labute approximate surface area is 53.9 Å². The zero-order valence-electron chi connectivity index (χ0n) is 5.00. The summed E-state index contributed by atoms with van der Waals surface area (Å²) in [5, 5.41) is 1.76. The van der Waals surface area contributed by atoms with Crippen LogP contribution in [-0.2, 0) is 4.18 Å². The molecule has 1 aliphatic rings. The third kappa shape index (κ3) is 3.74. The van der Waals surface area contributed by atoms with Gasteiger partial charge in [0.15, 0.2) is 6.40 Å². The first-order valence-corrected chi connectivity index (χ1v) is 3.29. The van der Waals surface area contributed by atoms with E-state index in [1.165, 1.54) is 18.4 Å². The summed E-state index contributed by atoms with van der Waals surface area (Å²) in [5.74, 6) is 0. The monoisotopic (exact) mass is 131 g/mol. The van der Waals surface area contributed by atoms with Crippen LogP contribution in [0.2, 0.25) is 0 Å². The standard InChI is InChI=1S/C3H3NOS.C2H6/c1-2-6-5-3-4-1;1-2/h1-3H;1-2H3. The molecule has 0 unspecified atom stereocenters. The van der Waals surface area contributed by atoms with Crippen molar-refractivity contribution >= 4 is 18.4 Å². The fraction of sp³-hybridized carbons (Fsp3) is 0.400. The van der Waals surface area contributed by atoms with E-state index in [1.807, 2.05) is 13.8 Å². The number of aliphatic imine (C=N–C) groups is 1. The molecule has 0 aromatic rings. The van der Waals surface area contributed by atoms with Gasteiger partial charge in [0.1, 0.15) is 0 Å². The van der Waals surface area contributed by atoms with Gasteiger partial charge < -0.3 is 4.18 Å². The highest BCUT2D eigenvalue weighted by molar-refractivity contribution is 7.97. The lowest BCUT2D eigenvalue weighted by molar-refractivity contribution is 0.676. The predicted octanol–water partition coefficient (Wildman–Crippen LogP) is 2.19. The van der Waals surface area contributed by atoms with Crippen molar-refractivity contribution in [2.75, 3.05) is 0 Å². The second-order valence-electron chi connectivity index (χ2n) is 0.732. The van der Waals surface area contributed by atoms with Gasteiger partial charge in [-0.3, -0.25) is 0 Å². The first-order valence-electron chi connectivity index (χ1n) is 2.49. The van der Waals surface area contributed by atoms with Crippen molar-refractivity contribution in [3.05, 3.63) is 11.6 Å². The van der Waals surface area contributed by atoms with Crippen LogP contribution in [0.5, 0.6) is 0 Å². The van der Waals surface area contributed by atoms with Gasteiger partial charge in [-0.2, -0.15) is 0 Å². The summed E-state index contributed by atoms with van der Waals surface area (Å²) in [5.41, 5.74) is 0. The summed E-state index contributed by atoms with van der Waals surface area (Å²) in [6, 6.07) is 0. The van der Waals surface area contributed by atoms with Crippen LogP contribution in [0, 0.1) is 0 Å². The van der Waals surface area contributed by atoms with Crippen LogP contribution >= 0.6 is 12.0 Å². The molecule has 0 aromatic carbocycles. The van der Waals surface area contributed by atoms with Gasteiger partial charge in [-0.25, -0.2) is 4.99 Å². The van der Waals surface area contributed by atoms with E-state index in [2.05, 4.69) is 9.18 Å². The molecule has 0 fully saturated rings. The Hall–Kier alpha value is -0.440. The van der Waals surface area contributed by atoms with Gasteiger partial charge in [0.2, 0.25) is 0 Å². The second-order valence-corrected chi connectivity index (χ2v) is 1.39. The van der Waals surface area contributed by atoms with Crippen molar-refractivity contribution in [3.63, 3.8) is 0 Å². The summed E-state index contributed by atoms with van der Waals surface area (Å²) < 4.78 is 4.61. The van der Waals surface area contributed by atoms with Gasteiger partial charge in [-0.15, -0.1) is 0 Å². The van der Waals surface area contributed by atoms with Crippen molar-refractivity contribution in [1.82, 2.24) is 0 Å². The average Bonchev–Trinajstić information content (AvgIpc) is 1.96. The molecular weight excluding hydrogens is 122 g/mol. The Morgan fingerprint density at radius 3 is 2.38 bits per heavy atom. The van der Waals surface area contributed by atoms with E-state index in [-0.39, 0.29) is 0 Å². The Bertz CT molecular complexity index is 78.4. The highest BCUT2D eigenvalue weighted by atomic mass is 32.2. The van der Waals surface area contributed by atoms with Gasteiger partial charge in [-0.05, 0) is 0 Å². The van der Waals surface area contributed by atoms with E-state index in [9.17, 15) is 0 Å². The largest absolute Gasteiger partial charge is 0.409 e. The third-order valence-electron chi connectivity index (χ3n) is 0.362. The molecule has 0 saturated carbocycles. The maximum Gasteiger partial charge on any atom is 0.191 e. The first-order chi connectivity index (χ1) is 4.00. The van der Waals surface area contributed by atoms with E-state index < -0.39 is 0 Å². The second kappa shape index (κ2) is 6.56. The average molecular weight is 131 g/mol. The number of rotatable bonds is 0. The maximum atomic E-state index is 4.61. The number of hydrogen-bond acceptors (Lipinski definition) is 3. The highest BCUT2D eigenvalue weighted by Gasteiger charge is 1.78. The summed E-state index contributed by atoms with van der Waals surface area (Å²) in [6.07, 6.45) is 3.07. The van der Waals surface area contributed by atoms with Gasteiger partial charge in [0, 0.05) is 11.6 Å². The Morgan fingerprint density at radius 1 is 1.50 bits per heavy atom. The normalized spacial score (nSPS) is 13.8. The molecule has 1 heterocycles. The van der Waals surface area contributed by atoms with Crippen molar-refractivity contribution in [1.29, 1.82) is 0 Å². The Kier molecular flexibility index (Phi) is 6.20. The molecule has 0 radical (unpaired) electrons. The molecule has 0 N–H and O–H groups in total. The zero-order chi connectivity index (χ0) is 6.24.